The fourth-order valence-corrected chi connectivity index (χ4v) is 2.30. The summed E-state index contributed by atoms with van der Waals surface area (Å²) in [5.74, 6) is 0. The van der Waals surface area contributed by atoms with Gasteiger partial charge in [0.1, 0.15) is 0 Å². The van der Waals surface area contributed by atoms with Crippen LogP contribution in [0.4, 0.5) is 11.4 Å². The normalized spacial score (nSPS) is 20.9. The third-order valence-corrected chi connectivity index (χ3v) is 3.44. The number of nitrogens with two attached hydrogens (primary N) is 1. The van der Waals surface area contributed by atoms with Gasteiger partial charge in [-0.05, 0) is 37.2 Å². The Morgan fingerprint density at radius 1 is 1.50 bits per heavy atom. The van der Waals surface area contributed by atoms with E-state index in [0.29, 0.717) is 0 Å². The Kier molecular flexibility index (Phi) is 4.44. The van der Waals surface area contributed by atoms with Crippen LogP contribution in [0, 0.1) is 6.92 Å². The molecule has 3 N–H and O–H groups in total. The number of ether oxygens (including phenoxy) is 1. The minimum absolute atomic E-state index is 0.274. The first kappa shape index (κ1) is 13.2. The van der Waals surface area contributed by atoms with Gasteiger partial charge in [0.15, 0.2) is 0 Å². The van der Waals surface area contributed by atoms with E-state index in [1.807, 2.05) is 18.2 Å². The van der Waals surface area contributed by atoms with Crippen LogP contribution in [0.15, 0.2) is 18.2 Å². The Hall–Kier alpha value is -1.26. The molecular formula is C14H23N3O. The molecule has 18 heavy (non-hydrogen) atoms. The second-order valence-corrected chi connectivity index (χ2v) is 4.84. The van der Waals surface area contributed by atoms with Crippen LogP contribution in [0.3, 0.4) is 0 Å². The van der Waals surface area contributed by atoms with Gasteiger partial charge in [-0.15, -0.1) is 0 Å². The molecule has 1 atom stereocenters. The SMILES string of the molecule is CCN1CCOC(CNc2ccc(N)cc2C)C1. The maximum Gasteiger partial charge on any atom is 0.0874 e. The molecule has 4 heteroatoms. The zero-order valence-corrected chi connectivity index (χ0v) is 11.3. The van der Waals surface area contributed by atoms with Crippen LogP contribution in [-0.2, 0) is 4.74 Å². The summed E-state index contributed by atoms with van der Waals surface area (Å²) in [5.41, 5.74) is 8.87. The monoisotopic (exact) mass is 249 g/mol. The second-order valence-electron chi connectivity index (χ2n) is 4.84. The Morgan fingerprint density at radius 2 is 2.33 bits per heavy atom. The summed E-state index contributed by atoms with van der Waals surface area (Å²) in [6.45, 7) is 9.10. The molecule has 2 rings (SSSR count). The number of aryl methyl sites for hydroxylation is 1. The highest BCUT2D eigenvalue weighted by atomic mass is 16.5. The first-order chi connectivity index (χ1) is 8.69. The highest BCUT2D eigenvalue weighted by Gasteiger charge is 2.18. The molecule has 1 aliphatic heterocycles. The van der Waals surface area contributed by atoms with E-state index >= 15 is 0 Å². The minimum Gasteiger partial charge on any atom is -0.399 e. The lowest BCUT2D eigenvalue weighted by Gasteiger charge is -2.32. The van der Waals surface area contributed by atoms with Crippen LogP contribution in [0.25, 0.3) is 0 Å². The topological polar surface area (TPSA) is 50.5 Å². The lowest BCUT2D eigenvalue weighted by molar-refractivity contribution is -0.0191. The highest BCUT2D eigenvalue weighted by Crippen LogP contribution is 2.18. The van der Waals surface area contributed by atoms with Gasteiger partial charge in [0.2, 0.25) is 0 Å². The number of hydrogen-bond acceptors (Lipinski definition) is 4. The number of anilines is 2. The van der Waals surface area contributed by atoms with Gasteiger partial charge in [-0.2, -0.15) is 0 Å². The number of nitrogen functional groups attached to an aromatic ring is 1. The van der Waals surface area contributed by atoms with E-state index in [2.05, 4.69) is 24.1 Å². The van der Waals surface area contributed by atoms with Crippen LogP contribution in [0.5, 0.6) is 0 Å². The zero-order chi connectivity index (χ0) is 13.0. The zero-order valence-electron chi connectivity index (χ0n) is 11.3. The molecule has 0 aliphatic carbocycles. The van der Waals surface area contributed by atoms with Crippen molar-refractivity contribution in [3.8, 4) is 0 Å². The third kappa shape index (κ3) is 3.37. The largest absolute Gasteiger partial charge is 0.399 e. The lowest BCUT2D eigenvalue weighted by Crippen LogP contribution is -2.45. The Balaban J connectivity index is 1.87. The Morgan fingerprint density at radius 3 is 3.06 bits per heavy atom. The molecule has 0 aromatic heterocycles. The average Bonchev–Trinajstić information content (AvgIpc) is 2.38. The van der Waals surface area contributed by atoms with Gasteiger partial charge in [-0.1, -0.05) is 6.92 Å². The van der Waals surface area contributed by atoms with Crippen LogP contribution in [-0.4, -0.2) is 43.8 Å². The van der Waals surface area contributed by atoms with Crippen molar-refractivity contribution in [3.05, 3.63) is 23.8 Å². The fraction of sp³-hybridized carbons (Fsp3) is 0.571. The summed E-state index contributed by atoms with van der Waals surface area (Å²) in [5, 5.41) is 3.45. The lowest BCUT2D eigenvalue weighted by atomic mass is 10.1. The minimum atomic E-state index is 0.274. The summed E-state index contributed by atoms with van der Waals surface area (Å²) in [6.07, 6.45) is 0.274. The quantitative estimate of drug-likeness (QED) is 0.798. The molecule has 1 aromatic rings. The van der Waals surface area contributed by atoms with Gasteiger partial charge in [0.25, 0.3) is 0 Å². The van der Waals surface area contributed by atoms with E-state index in [1.165, 1.54) is 5.56 Å². The molecule has 4 nitrogen and oxygen atoms in total. The summed E-state index contributed by atoms with van der Waals surface area (Å²) in [7, 11) is 0. The number of nitrogens with zero attached hydrogens (tertiary/aromatic N) is 1. The summed E-state index contributed by atoms with van der Waals surface area (Å²) in [6, 6.07) is 5.95. The predicted molar refractivity (Wildman–Crippen MR) is 75.9 cm³/mol. The smallest absolute Gasteiger partial charge is 0.0874 e. The molecule has 0 spiro atoms. The first-order valence-electron chi connectivity index (χ1n) is 6.63. The molecule has 100 valence electrons. The van der Waals surface area contributed by atoms with Crippen molar-refractivity contribution in [2.75, 3.05) is 43.8 Å². The van der Waals surface area contributed by atoms with Crippen molar-refractivity contribution < 1.29 is 4.74 Å². The standard InChI is InChI=1S/C14H23N3O/c1-3-17-6-7-18-13(10-17)9-16-14-5-4-12(15)8-11(14)2/h4-5,8,13,16H,3,6-7,9-10,15H2,1-2H3. The number of rotatable bonds is 4. The molecule has 0 amide bonds. The van der Waals surface area contributed by atoms with E-state index in [0.717, 1.165) is 44.2 Å². The van der Waals surface area contributed by atoms with E-state index in [-0.39, 0.29) is 6.10 Å². The number of hydrogen-bond donors (Lipinski definition) is 2. The molecular weight excluding hydrogens is 226 g/mol. The van der Waals surface area contributed by atoms with Gasteiger partial charge < -0.3 is 15.8 Å². The van der Waals surface area contributed by atoms with Crippen molar-refractivity contribution in [3.63, 3.8) is 0 Å². The number of likely N-dealkylation sites (N-methyl/N-ethyl adjacent to an activating group) is 1. The van der Waals surface area contributed by atoms with Crippen molar-refractivity contribution in [1.29, 1.82) is 0 Å². The van der Waals surface area contributed by atoms with Crippen molar-refractivity contribution in [2.45, 2.75) is 20.0 Å². The van der Waals surface area contributed by atoms with Gasteiger partial charge in [-0.25, -0.2) is 0 Å². The first-order valence-corrected chi connectivity index (χ1v) is 6.63. The Bertz CT molecular complexity index is 395. The number of nitrogens with one attached hydrogen (secondary N) is 1. The molecule has 0 saturated carbocycles. The van der Waals surface area contributed by atoms with Crippen LogP contribution in [0.2, 0.25) is 0 Å². The van der Waals surface area contributed by atoms with Gasteiger partial charge in [-0.3, -0.25) is 4.90 Å². The molecule has 1 fully saturated rings. The van der Waals surface area contributed by atoms with E-state index < -0.39 is 0 Å². The molecule has 1 aliphatic rings. The number of benzene rings is 1. The average molecular weight is 249 g/mol. The van der Waals surface area contributed by atoms with E-state index in [9.17, 15) is 0 Å². The predicted octanol–water partition coefficient (Wildman–Crippen LogP) is 1.71. The fourth-order valence-electron chi connectivity index (χ4n) is 2.30. The number of morpholine rings is 1. The van der Waals surface area contributed by atoms with E-state index in [4.69, 9.17) is 10.5 Å². The summed E-state index contributed by atoms with van der Waals surface area (Å²) < 4.78 is 5.77. The van der Waals surface area contributed by atoms with Crippen LogP contribution < -0.4 is 11.1 Å². The highest BCUT2D eigenvalue weighted by molar-refractivity contribution is 5.57. The van der Waals surface area contributed by atoms with Crippen LogP contribution in [0.1, 0.15) is 12.5 Å². The van der Waals surface area contributed by atoms with Crippen LogP contribution >= 0.6 is 0 Å². The van der Waals surface area contributed by atoms with E-state index in [1.54, 1.807) is 0 Å². The maximum absolute atomic E-state index is 5.77. The summed E-state index contributed by atoms with van der Waals surface area (Å²) in [4.78, 5) is 2.42. The molecule has 1 aromatic carbocycles. The molecule has 1 heterocycles. The molecule has 1 saturated heterocycles. The van der Waals surface area contributed by atoms with Crippen molar-refractivity contribution in [2.24, 2.45) is 0 Å². The van der Waals surface area contributed by atoms with Gasteiger partial charge in [0, 0.05) is 31.0 Å². The molecule has 0 bridgehead atoms. The van der Waals surface area contributed by atoms with Crippen molar-refractivity contribution in [1.82, 2.24) is 4.90 Å². The third-order valence-electron chi connectivity index (χ3n) is 3.44. The molecule has 0 radical (unpaired) electrons. The second kappa shape index (κ2) is 6.07. The summed E-state index contributed by atoms with van der Waals surface area (Å²) >= 11 is 0. The van der Waals surface area contributed by atoms with Gasteiger partial charge in [0.05, 0.1) is 12.7 Å². The van der Waals surface area contributed by atoms with Gasteiger partial charge >= 0.3 is 0 Å². The molecule has 1 unspecified atom stereocenters. The maximum atomic E-state index is 5.77. The Labute approximate surface area is 109 Å². The van der Waals surface area contributed by atoms with Crippen molar-refractivity contribution >= 4 is 11.4 Å².